The Morgan fingerprint density at radius 2 is 1.92 bits per heavy atom. The van der Waals surface area contributed by atoms with Crippen LogP contribution >= 0.6 is 11.3 Å². The number of carbonyl (C=O) groups excluding carboxylic acids is 1. The molecule has 5 heteroatoms. The Labute approximate surface area is 147 Å². The van der Waals surface area contributed by atoms with Crippen LogP contribution < -0.4 is 10.2 Å². The zero-order valence-corrected chi connectivity index (χ0v) is 15.0. The maximum absolute atomic E-state index is 12.6. The molecule has 2 N–H and O–H groups in total. The second kappa shape index (κ2) is 7.92. The smallest absolute Gasteiger partial charge is 0.275 e. The molecule has 2 aromatic rings. The van der Waals surface area contributed by atoms with Crippen LogP contribution in [0.3, 0.4) is 0 Å². The van der Waals surface area contributed by atoms with Gasteiger partial charge in [0.15, 0.2) is 6.54 Å². The van der Waals surface area contributed by atoms with Crippen molar-refractivity contribution in [1.82, 2.24) is 5.32 Å². The number of quaternary nitrogens is 1. The van der Waals surface area contributed by atoms with Crippen LogP contribution in [0.1, 0.15) is 30.3 Å². The van der Waals surface area contributed by atoms with E-state index in [1.54, 1.807) is 11.3 Å². The van der Waals surface area contributed by atoms with E-state index < -0.39 is 0 Å². The van der Waals surface area contributed by atoms with Crippen molar-refractivity contribution in [2.75, 3.05) is 19.6 Å². The molecular formula is C19H25N2O2S+. The fraction of sp³-hybridized carbons (Fsp3) is 0.421. The minimum absolute atomic E-state index is 0.0750. The summed E-state index contributed by atoms with van der Waals surface area (Å²) in [4.78, 5) is 15.1. The quantitative estimate of drug-likeness (QED) is 0.865. The van der Waals surface area contributed by atoms with Crippen LogP contribution in [0.2, 0.25) is 0 Å². The highest BCUT2D eigenvalue weighted by molar-refractivity contribution is 7.10. The molecule has 0 bridgehead atoms. The standard InChI is InChI=1S/C19H24N2O2S/c1-14-11-21(12-15(2)23-14)13-18(22)20-19(17-9-6-10-24-17)16-7-4-3-5-8-16/h3-10,14-15,19H,11-13H2,1-2H3,(H,20,22)/p+1/t14-,15-,19-/m0/s1. The number of hydrogen-bond donors (Lipinski definition) is 2. The number of nitrogens with one attached hydrogen (secondary N) is 2. The van der Waals surface area contributed by atoms with Crippen molar-refractivity contribution in [3.05, 3.63) is 58.3 Å². The first-order valence-corrected chi connectivity index (χ1v) is 9.36. The van der Waals surface area contributed by atoms with Crippen LogP contribution in [0.15, 0.2) is 47.8 Å². The third kappa shape index (κ3) is 4.44. The SMILES string of the molecule is C[C@H]1C[NH+](CC(=O)N[C@@H](c2ccccc2)c2cccs2)C[C@H](C)O1. The van der Waals surface area contributed by atoms with Gasteiger partial charge >= 0.3 is 0 Å². The molecule has 2 heterocycles. The first kappa shape index (κ1) is 17.1. The van der Waals surface area contributed by atoms with E-state index in [1.165, 1.54) is 4.90 Å². The topological polar surface area (TPSA) is 42.8 Å². The lowest BCUT2D eigenvalue weighted by atomic mass is 10.1. The molecule has 1 aliphatic heterocycles. The van der Waals surface area contributed by atoms with Gasteiger partial charge in [0.1, 0.15) is 25.3 Å². The summed E-state index contributed by atoms with van der Waals surface area (Å²) in [6, 6.07) is 14.2. The Kier molecular flexibility index (Phi) is 5.66. The maximum atomic E-state index is 12.6. The zero-order valence-electron chi connectivity index (χ0n) is 14.2. The van der Waals surface area contributed by atoms with Gasteiger partial charge in [0.05, 0.1) is 6.04 Å². The predicted octanol–water partition coefficient (Wildman–Crippen LogP) is 1.65. The lowest BCUT2D eigenvalue weighted by Gasteiger charge is -2.32. The third-order valence-corrected chi connectivity index (χ3v) is 5.23. The summed E-state index contributed by atoms with van der Waals surface area (Å²) in [5, 5.41) is 5.27. The van der Waals surface area contributed by atoms with Gasteiger partial charge in [0.25, 0.3) is 5.91 Å². The van der Waals surface area contributed by atoms with Crippen molar-refractivity contribution in [1.29, 1.82) is 0 Å². The normalized spacial score (nSPS) is 25.2. The zero-order chi connectivity index (χ0) is 16.9. The molecule has 0 saturated carbocycles. The van der Waals surface area contributed by atoms with Gasteiger partial charge < -0.3 is 15.0 Å². The predicted molar refractivity (Wildman–Crippen MR) is 96.3 cm³/mol. The highest BCUT2D eigenvalue weighted by atomic mass is 32.1. The monoisotopic (exact) mass is 345 g/mol. The number of hydrogen-bond acceptors (Lipinski definition) is 3. The van der Waals surface area contributed by atoms with E-state index >= 15 is 0 Å². The molecule has 1 saturated heterocycles. The first-order valence-electron chi connectivity index (χ1n) is 8.48. The molecule has 3 atom stereocenters. The Balaban J connectivity index is 1.68. The largest absolute Gasteiger partial charge is 0.364 e. The second-order valence-electron chi connectivity index (χ2n) is 6.52. The second-order valence-corrected chi connectivity index (χ2v) is 7.50. The van der Waals surface area contributed by atoms with Crippen molar-refractivity contribution in [2.24, 2.45) is 0 Å². The molecule has 0 aliphatic carbocycles. The summed E-state index contributed by atoms with van der Waals surface area (Å²) in [5.41, 5.74) is 1.12. The summed E-state index contributed by atoms with van der Waals surface area (Å²) in [6.07, 6.45) is 0.414. The maximum Gasteiger partial charge on any atom is 0.275 e. The molecule has 1 aromatic carbocycles. The minimum Gasteiger partial charge on any atom is -0.364 e. The molecule has 1 aliphatic rings. The number of thiophene rings is 1. The molecule has 3 rings (SSSR count). The molecule has 0 radical (unpaired) electrons. The lowest BCUT2D eigenvalue weighted by molar-refractivity contribution is -0.907. The molecule has 1 fully saturated rings. The number of amides is 1. The number of carbonyl (C=O) groups is 1. The average molecular weight is 345 g/mol. The molecule has 0 spiro atoms. The number of benzene rings is 1. The van der Waals surface area contributed by atoms with E-state index in [0.717, 1.165) is 23.5 Å². The van der Waals surface area contributed by atoms with Crippen LogP contribution in [0.4, 0.5) is 0 Å². The van der Waals surface area contributed by atoms with Gasteiger partial charge in [-0.1, -0.05) is 36.4 Å². The Morgan fingerprint density at radius 1 is 1.21 bits per heavy atom. The molecular weight excluding hydrogens is 320 g/mol. The Bertz CT molecular complexity index is 635. The summed E-state index contributed by atoms with van der Waals surface area (Å²) >= 11 is 1.67. The van der Waals surface area contributed by atoms with Gasteiger partial charge in [-0.3, -0.25) is 4.79 Å². The van der Waals surface area contributed by atoms with Crippen LogP contribution in [-0.2, 0) is 9.53 Å². The number of ether oxygens (including phenoxy) is 1. The van der Waals surface area contributed by atoms with Crippen molar-refractivity contribution < 1.29 is 14.4 Å². The first-order chi connectivity index (χ1) is 11.6. The molecule has 4 nitrogen and oxygen atoms in total. The number of rotatable bonds is 5. The summed E-state index contributed by atoms with van der Waals surface area (Å²) in [6.45, 7) is 6.41. The lowest BCUT2D eigenvalue weighted by Crippen LogP contribution is -3.16. The van der Waals surface area contributed by atoms with Crippen LogP contribution in [0.25, 0.3) is 0 Å². The van der Waals surface area contributed by atoms with Gasteiger partial charge in [0, 0.05) is 4.88 Å². The van der Waals surface area contributed by atoms with Crippen molar-refractivity contribution in [2.45, 2.75) is 32.1 Å². The fourth-order valence-corrected chi connectivity index (χ4v) is 4.19. The van der Waals surface area contributed by atoms with Crippen LogP contribution in [0, 0.1) is 0 Å². The summed E-state index contributed by atoms with van der Waals surface area (Å²) < 4.78 is 5.76. The van der Waals surface area contributed by atoms with Crippen LogP contribution in [-0.4, -0.2) is 37.7 Å². The van der Waals surface area contributed by atoms with E-state index in [-0.39, 0.29) is 24.2 Å². The van der Waals surface area contributed by atoms with E-state index in [1.807, 2.05) is 29.6 Å². The van der Waals surface area contributed by atoms with Crippen molar-refractivity contribution in [3.8, 4) is 0 Å². The van der Waals surface area contributed by atoms with E-state index in [2.05, 4.69) is 37.4 Å². The highest BCUT2D eigenvalue weighted by Crippen LogP contribution is 2.25. The summed E-state index contributed by atoms with van der Waals surface area (Å²) in [5.74, 6) is 0.0913. The van der Waals surface area contributed by atoms with Crippen molar-refractivity contribution >= 4 is 17.2 Å². The van der Waals surface area contributed by atoms with Gasteiger partial charge in [0.2, 0.25) is 0 Å². The van der Waals surface area contributed by atoms with E-state index in [4.69, 9.17) is 4.74 Å². The molecule has 0 unspecified atom stereocenters. The van der Waals surface area contributed by atoms with Crippen molar-refractivity contribution in [3.63, 3.8) is 0 Å². The molecule has 128 valence electrons. The molecule has 24 heavy (non-hydrogen) atoms. The van der Waals surface area contributed by atoms with Gasteiger partial charge in [-0.2, -0.15) is 0 Å². The van der Waals surface area contributed by atoms with Crippen LogP contribution in [0.5, 0.6) is 0 Å². The Morgan fingerprint density at radius 3 is 2.54 bits per heavy atom. The molecule has 1 aromatic heterocycles. The fourth-order valence-electron chi connectivity index (χ4n) is 3.39. The van der Waals surface area contributed by atoms with E-state index in [9.17, 15) is 4.79 Å². The number of morpholine rings is 1. The summed E-state index contributed by atoms with van der Waals surface area (Å²) in [7, 11) is 0. The minimum atomic E-state index is -0.0750. The van der Waals surface area contributed by atoms with Gasteiger partial charge in [-0.25, -0.2) is 0 Å². The van der Waals surface area contributed by atoms with E-state index in [0.29, 0.717) is 6.54 Å². The third-order valence-electron chi connectivity index (χ3n) is 4.29. The molecule has 1 amide bonds. The Hall–Kier alpha value is -1.69. The van der Waals surface area contributed by atoms with Gasteiger partial charge in [-0.15, -0.1) is 11.3 Å². The van der Waals surface area contributed by atoms with Gasteiger partial charge in [-0.05, 0) is 30.9 Å². The highest BCUT2D eigenvalue weighted by Gasteiger charge is 2.28. The average Bonchev–Trinajstić information content (AvgIpc) is 3.06.